The van der Waals surface area contributed by atoms with E-state index in [9.17, 15) is 4.79 Å². The van der Waals surface area contributed by atoms with Crippen LogP contribution in [0.3, 0.4) is 0 Å². The van der Waals surface area contributed by atoms with Crippen LogP contribution in [0.15, 0.2) is 46.8 Å². The Labute approximate surface area is 118 Å². The Morgan fingerprint density at radius 1 is 1.32 bits per heavy atom. The number of amides is 1. The molecule has 1 unspecified atom stereocenters. The Bertz CT molecular complexity index is 696. The van der Waals surface area contributed by atoms with Crippen LogP contribution in [0.5, 0.6) is 0 Å². The van der Waals surface area contributed by atoms with Gasteiger partial charge in [0.15, 0.2) is 0 Å². The molecule has 1 amide bonds. The summed E-state index contributed by atoms with van der Waals surface area (Å²) in [5.41, 5.74) is 1.41. The minimum absolute atomic E-state index is 0.230. The predicted molar refractivity (Wildman–Crippen MR) is 78.4 cm³/mol. The molecule has 0 aliphatic carbocycles. The van der Waals surface area contributed by atoms with Gasteiger partial charge in [-0.2, -0.15) is 10.2 Å². The van der Waals surface area contributed by atoms with Crippen LogP contribution in [0.1, 0.15) is 0 Å². The summed E-state index contributed by atoms with van der Waals surface area (Å²) in [4.78, 5) is 15.8. The molecule has 94 valence electrons. The van der Waals surface area contributed by atoms with Gasteiger partial charge in [-0.1, -0.05) is 42.2 Å². The molecule has 1 aromatic carbocycles. The first-order valence-electron chi connectivity index (χ1n) is 5.50. The number of rotatable bonds is 2. The van der Waals surface area contributed by atoms with E-state index in [4.69, 9.17) is 12.2 Å². The van der Waals surface area contributed by atoms with E-state index < -0.39 is 5.37 Å². The zero-order valence-electron chi connectivity index (χ0n) is 9.61. The lowest BCUT2D eigenvalue weighted by molar-refractivity contribution is -0.118. The zero-order chi connectivity index (χ0) is 13.2. The maximum atomic E-state index is 11.5. The van der Waals surface area contributed by atoms with E-state index in [0.29, 0.717) is 10.0 Å². The molecule has 3 rings (SSSR count). The molecular formula is C12H8N4OS2. The first kappa shape index (κ1) is 12.2. The van der Waals surface area contributed by atoms with Crippen LogP contribution in [-0.4, -0.2) is 20.6 Å². The fourth-order valence-electron chi connectivity index (χ4n) is 1.71. The van der Waals surface area contributed by atoms with E-state index >= 15 is 0 Å². The molecule has 5 nitrogen and oxygen atoms in total. The molecule has 1 atom stereocenters. The lowest BCUT2D eigenvalue weighted by Crippen LogP contribution is -2.22. The van der Waals surface area contributed by atoms with Crippen molar-refractivity contribution < 1.29 is 4.79 Å². The number of nitrogens with zero attached hydrogens (tertiary/aromatic N) is 3. The molecular weight excluding hydrogens is 280 g/mol. The quantitative estimate of drug-likeness (QED) is 0.681. The summed E-state index contributed by atoms with van der Waals surface area (Å²) in [5.74, 6) is -0.230. The number of carbonyl (C=O) groups excluding carboxylic acids is 1. The molecule has 1 aliphatic heterocycles. The Morgan fingerprint density at radius 2 is 2.16 bits per heavy atom. The zero-order valence-corrected chi connectivity index (χ0v) is 11.2. The van der Waals surface area contributed by atoms with Crippen molar-refractivity contribution in [1.82, 2.24) is 10.3 Å². The fraction of sp³-hybridized carbons (Fsp3) is 0.0833. The number of thioether (sulfide) groups is 1. The van der Waals surface area contributed by atoms with Crippen molar-refractivity contribution in [3.63, 3.8) is 0 Å². The van der Waals surface area contributed by atoms with Crippen molar-refractivity contribution in [2.75, 3.05) is 0 Å². The van der Waals surface area contributed by atoms with Crippen LogP contribution in [0.2, 0.25) is 0 Å². The van der Waals surface area contributed by atoms with Crippen LogP contribution in [0.25, 0.3) is 10.9 Å². The lowest BCUT2D eigenvalue weighted by Gasteiger charge is -2.00. The molecule has 19 heavy (non-hydrogen) atoms. The number of hydrogen-bond donors (Lipinski definition) is 1. The average molecular weight is 288 g/mol. The van der Waals surface area contributed by atoms with Crippen molar-refractivity contribution in [2.45, 2.75) is 5.37 Å². The van der Waals surface area contributed by atoms with Crippen molar-refractivity contribution in [1.29, 1.82) is 0 Å². The summed E-state index contributed by atoms with van der Waals surface area (Å²) in [7, 11) is 0. The van der Waals surface area contributed by atoms with E-state index in [1.807, 2.05) is 30.3 Å². The number of carbonyl (C=O) groups is 1. The number of para-hydroxylation sites is 1. The average Bonchev–Trinajstić information content (AvgIpc) is 2.74. The molecule has 7 heteroatoms. The second-order valence-electron chi connectivity index (χ2n) is 3.81. The molecule has 1 aromatic heterocycles. The van der Waals surface area contributed by atoms with Crippen molar-refractivity contribution in [2.24, 2.45) is 10.2 Å². The summed E-state index contributed by atoms with van der Waals surface area (Å²) in [6.45, 7) is 0. The molecule has 0 spiro atoms. The number of nitrogens with one attached hydrogen (secondary N) is 1. The molecule has 1 saturated heterocycles. The Kier molecular flexibility index (Phi) is 3.22. The summed E-state index contributed by atoms with van der Waals surface area (Å²) in [6.07, 6.45) is 1.70. The second kappa shape index (κ2) is 5.02. The normalized spacial score (nSPS) is 19.3. The van der Waals surface area contributed by atoms with Gasteiger partial charge in [-0.05, 0) is 12.1 Å². The van der Waals surface area contributed by atoms with E-state index in [1.165, 1.54) is 11.8 Å². The molecule has 0 bridgehead atoms. The van der Waals surface area contributed by atoms with Crippen molar-refractivity contribution in [3.05, 3.63) is 36.5 Å². The Hall–Kier alpha value is -1.86. The van der Waals surface area contributed by atoms with Crippen LogP contribution >= 0.6 is 24.0 Å². The van der Waals surface area contributed by atoms with Gasteiger partial charge in [0, 0.05) is 11.6 Å². The van der Waals surface area contributed by atoms with Crippen LogP contribution in [0.4, 0.5) is 5.69 Å². The van der Waals surface area contributed by atoms with E-state index in [-0.39, 0.29) is 5.91 Å². The maximum absolute atomic E-state index is 11.5. The summed E-state index contributed by atoms with van der Waals surface area (Å²) < 4.78 is 0.435. The van der Waals surface area contributed by atoms with Crippen LogP contribution in [0, 0.1) is 0 Å². The van der Waals surface area contributed by atoms with Gasteiger partial charge in [-0.15, -0.1) is 0 Å². The molecule has 0 saturated carbocycles. The molecule has 2 heterocycles. The first-order chi connectivity index (χ1) is 9.24. The number of hydrogen-bond acceptors (Lipinski definition) is 6. The molecule has 1 fully saturated rings. The standard InChI is InChI=1S/C12H8N4OS2/c17-10-11(19-12(18)14-10)16-15-8-5-1-3-7-4-2-6-13-9(7)8/h1-6,11H,(H,14,17,18). The third kappa shape index (κ3) is 2.47. The minimum atomic E-state index is -0.605. The van der Waals surface area contributed by atoms with Gasteiger partial charge in [0.2, 0.25) is 5.37 Å². The summed E-state index contributed by atoms with van der Waals surface area (Å²) >= 11 is 6.09. The molecule has 0 radical (unpaired) electrons. The highest BCUT2D eigenvalue weighted by Gasteiger charge is 2.28. The highest BCUT2D eigenvalue weighted by Crippen LogP contribution is 2.26. The first-order valence-corrected chi connectivity index (χ1v) is 6.79. The van der Waals surface area contributed by atoms with Gasteiger partial charge in [-0.25, -0.2) is 0 Å². The Morgan fingerprint density at radius 3 is 2.95 bits per heavy atom. The van der Waals surface area contributed by atoms with Gasteiger partial charge < -0.3 is 5.32 Å². The third-order valence-corrected chi connectivity index (χ3v) is 3.79. The maximum Gasteiger partial charge on any atom is 0.262 e. The number of azo groups is 1. The van der Waals surface area contributed by atoms with Gasteiger partial charge in [0.25, 0.3) is 5.91 Å². The smallest absolute Gasteiger partial charge is 0.262 e. The van der Waals surface area contributed by atoms with Crippen LogP contribution in [-0.2, 0) is 4.79 Å². The molecule has 1 aliphatic rings. The van der Waals surface area contributed by atoms with Gasteiger partial charge in [-0.3, -0.25) is 9.78 Å². The molecule has 1 N–H and O–H groups in total. The highest BCUT2D eigenvalue weighted by molar-refractivity contribution is 8.24. The topological polar surface area (TPSA) is 66.7 Å². The van der Waals surface area contributed by atoms with Gasteiger partial charge in [0.1, 0.15) is 10.0 Å². The number of aromatic nitrogens is 1. The largest absolute Gasteiger partial charge is 0.309 e. The second-order valence-corrected chi connectivity index (χ2v) is 5.57. The minimum Gasteiger partial charge on any atom is -0.309 e. The number of benzene rings is 1. The number of fused-ring (bicyclic) bond motifs is 1. The number of thiocarbonyl (C=S) groups is 1. The predicted octanol–water partition coefficient (Wildman–Crippen LogP) is 2.79. The van der Waals surface area contributed by atoms with E-state index in [1.54, 1.807) is 6.20 Å². The number of pyridine rings is 1. The van der Waals surface area contributed by atoms with Gasteiger partial charge in [0.05, 0.1) is 5.52 Å². The van der Waals surface area contributed by atoms with Gasteiger partial charge >= 0.3 is 0 Å². The van der Waals surface area contributed by atoms with E-state index in [2.05, 4.69) is 20.5 Å². The lowest BCUT2D eigenvalue weighted by atomic mass is 10.2. The van der Waals surface area contributed by atoms with Crippen molar-refractivity contribution in [3.8, 4) is 0 Å². The fourth-order valence-corrected chi connectivity index (χ4v) is 2.70. The highest BCUT2D eigenvalue weighted by atomic mass is 32.2. The Balaban J connectivity index is 1.93. The molecule has 2 aromatic rings. The summed E-state index contributed by atoms with van der Waals surface area (Å²) in [5, 5.41) is 11.1. The van der Waals surface area contributed by atoms with Crippen LogP contribution < -0.4 is 5.32 Å². The SMILES string of the molecule is O=C1NC(=S)SC1N=Nc1cccc2cccnc12. The summed E-state index contributed by atoms with van der Waals surface area (Å²) in [6, 6.07) is 9.46. The third-order valence-electron chi connectivity index (χ3n) is 2.55. The monoisotopic (exact) mass is 288 g/mol. The van der Waals surface area contributed by atoms with Crippen molar-refractivity contribution >= 4 is 50.8 Å². The van der Waals surface area contributed by atoms with E-state index in [0.717, 1.165) is 10.9 Å².